The van der Waals surface area contributed by atoms with Crippen LogP contribution in [0.4, 0.5) is 5.69 Å². The normalized spacial score (nSPS) is 14.2. The predicted octanol–water partition coefficient (Wildman–Crippen LogP) is 4.78. The molecule has 0 fully saturated rings. The molecule has 0 radical (unpaired) electrons. The maximum Gasteiger partial charge on any atom is 0.286 e. The number of rotatable bonds is 7. The zero-order valence-corrected chi connectivity index (χ0v) is 19.9. The minimum absolute atomic E-state index is 0.0106. The second-order valence-corrected chi connectivity index (χ2v) is 10.1. The van der Waals surface area contributed by atoms with E-state index in [0.717, 1.165) is 16.7 Å². The van der Waals surface area contributed by atoms with E-state index >= 15 is 0 Å². The molecule has 35 heavy (non-hydrogen) atoms. The highest BCUT2D eigenvalue weighted by atomic mass is 32.2. The third-order valence-electron chi connectivity index (χ3n) is 6.09. The smallest absolute Gasteiger partial charge is 0.286 e. The van der Waals surface area contributed by atoms with Crippen molar-refractivity contribution in [3.63, 3.8) is 0 Å². The van der Waals surface area contributed by atoms with Crippen molar-refractivity contribution in [3.8, 4) is 11.1 Å². The lowest BCUT2D eigenvalue weighted by atomic mass is 9.87. The maximum atomic E-state index is 13.1. The van der Waals surface area contributed by atoms with Crippen molar-refractivity contribution in [3.05, 3.63) is 102 Å². The number of aromatic nitrogens is 2. The standard InChI is InChI=1S/C27H24N4O3S/c1-31-18-22(17-28-31)21-12-14-24-26(16-21)35(33,34)30-27(29-24)25(32)15-13-23(19-8-4-2-5-9-19)20-10-6-3-7-11-20/h2-12,14,16-18,23H,13,15H2,1H3,(H,29,30). The molecular weight excluding hydrogens is 460 g/mol. The van der Waals surface area contributed by atoms with E-state index in [1.165, 1.54) is 0 Å². The Hall–Kier alpha value is -4.04. The Balaban J connectivity index is 1.37. The first-order valence-corrected chi connectivity index (χ1v) is 12.7. The fourth-order valence-electron chi connectivity index (χ4n) is 4.32. The molecule has 1 aromatic heterocycles. The Morgan fingerprint density at radius 2 is 1.60 bits per heavy atom. The van der Waals surface area contributed by atoms with Crippen LogP contribution in [-0.2, 0) is 21.9 Å². The summed E-state index contributed by atoms with van der Waals surface area (Å²) < 4.78 is 31.4. The summed E-state index contributed by atoms with van der Waals surface area (Å²) in [7, 11) is -2.23. The third kappa shape index (κ3) is 4.79. The van der Waals surface area contributed by atoms with Gasteiger partial charge in [0, 0.05) is 31.1 Å². The molecule has 0 saturated carbocycles. The zero-order valence-electron chi connectivity index (χ0n) is 19.1. The van der Waals surface area contributed by atoms with Gasteiger partial charge in [-0.1, -0.05) is 66.7 Å². The Bertz CT molecular complexity index is 1470. The van der Waals surface area contributed by atoms with E-state index in [0.29, 0.717) is 17.7 Å². The lowest BCUT2D eigenvalue weighted by Gasteiger charge is -2.20. The number of nitrogens with one attached hydrogen (secondary N) is 1. The molecular formula is C27H24N4O3S. The zero-order chi connectivity index (χ0) is 24.4. The van der Waals surface area contributed by atoms with Gasteiger partial charge in [-0.3, -0.25) is 9.48 Å². The Labute approximate surface area is 204 Å². The number of sulfonamides is 1. The SMILES string of the molecule is Cn1cc(-c2ccc3c(c2)S(=O)(=O)N=C(C(=O)CCC(c2ccccc2)c2ccccc2)N3)cn1. The highest BCUT2D eigenvalue weighted by Crippen LogP contribution is 2.33. The van der Waals surface area contributed by atoms with Gasteiger partial charge in [0.2, 0.25) is 0 Å². The van der Waals surface area contributed by atoms with Crippen molar-refractivity contribution in [2.24, 2.45) is 11.4 Å². The topological polar surface area (TPSA) is 93.4 Å². The van der Waals surface area contributed by atoms with Crippen LogP contribution in [0.25, 0.3) is 11.1 Å². The molecule has 4 aromatic rings. The van der Waals surface area contributed by atoms with E-state index < -0.39 is 10.0 Å². The van der Waals surface area contributed by atoms with Crippen LogP contribution in [0.3, 0.4) is 0 Å². The average Bonchev–Trinajstić information content (AvgIpc) is 3.31. The monoisotopic (exact) mass is 484 g/mol. The maximum absolute atomic E-state index is 13.1. The van der Waals surface area contributed by atoms with Gasteiger partial charge < -0.3 is 5.32 Å². The number of anilines is 1. The van der Waals surface area contributed by atoms with E-state index in [1.54, 1.807) is 42.3 Å². The van der Waals surface area contributed by atoms with Crippen LogP contribution in [0.15, 0.2) is 101 Å². The number of hydrogen-bond acceptors (Lipinski definition) is 5. The van der Waals surface area contributed by atoms with Crippen molar-refractivity contribution >= 4 is 27.3 Å². The van der Waals surface area contributed by atoms with Crippen LogP contribution in [-0.4, -0.2) is 29.8 Å². The number of benzene rings is 3. The second kappa shape index (κ2) is 9.31. The number of hydrogen-bond donors (Lipinski definition) is 1. The van der Waals surface area contributed by atoms with E-state index in [1.807, 2.05) is 60.7 Å². The van der Waals surface area contributed by atoms with Crippen molar-refractivity contribution in [2.75, 3.05) is 5.32 Å². The summed E-state index contributed by atoms with van der Waals surface area (Å²) in [6.45, 7) is 0. The van der Waals surface area contributed by atoms with Gasteiger partial charge in [0.05, 0.1) is 11.9 Å². The second-order valence-electron chi connectivity index (χ2n) is 8.49. The van der Waals surface area contributed by atoms with E-state index in [2.05, 4.69) is 14.8 Å². The summed E-state index contributed by atoms with van der Waals surface area (Å²) in [5.41, 5.74) is 4.06. The number of carbonyl (C=O) groups is 1. The van der Waals surface area contributed by atoms with Gasteiger partial charge in [-0.2, -0.15) is 13.5 Å². The van der Waals surface area contributed by atoms with Crippen LogP contribution in [0, 0.1) is 0 Å². The van der Waals surface area contributed by atoms with Crippen LogP contribution < -0.4 is 5.32 Å². The average molecular weight is 485 g/mol. The summed E-state index contributed by atoms with van der Waals surface area (Å²) in [4.78, 5) is 13.1. The van der Waals surface area contributed by atoms with Gasteiger partial charge in [0.1, 0.15) is 4.90 Å². The van der Waals surface area contributed by atoms with Gasteiger partial charge in [-0.05, 0) is 35.2 Å². The van der Waals surface area contributed by atoms with Crippen molar-refractivity contribution in [1.29, 1.82) is 0 Å². The molecule has 5 rings (SSSR count). The molecule has 0 atom stereocenters. The van der Waals surface area contributed by atoms with Crippen LogP contribution in [0.2, 0.25) is 0 Å². The van der Waals surface area contributed by atoms with Gasteiger partial charge >= 0.3 is 0 Å². The molecule has 3 aromatic carbocycles. The number of carbonyl (C=O) groups excluding carboxylic acids is 1. The Morgan fingerprint density at radius 3 is 2.20 bits per heavy atom. The number of nitrogens with zero attached hydrogens (tertiary/aromatic N) is 3. The van der Waals surface area contributed by atoms with Gasteiger partial charge in [0.15, 0.2) is 11.6 Å². The van der Waals surface area contributed by atoms with E-state index in [9.17, 15) is 13.2 Å². The molecule has 0 amide bonds. The minimum atomic E-state index is -4.03. The first-order valence-electron chi connectivity index (χ1n) is 11.3. The number of fused-ring (bicyclic) bond motifs is 1. The third-order valence-corrected chi connectivity index (χ3v) is 7.41. The quantitative estimate of drug-likeness (QED) is 0.407. The first-order chi connectivity index (χ1) is 16.9. The van der Waals surface area contributed by atoms with E-state index in [4.69, 9.17) is 0 Å². The molecule has 0 bridgehead atoms. The van der Waals surface area contributed by atoms with Crippen molar-refractivity contribution in [2.45, 2.75) is 23.7 Å². The summed E-state index contributed by atoms with van der Waals surface area (Å²) >= 11 is 0. The van der Waals surface area contributed by atoms with Crippen molar-refractivity contribution < 1.29 is 13.2 Å². The fourth-order valence-corrected chi connectivity index (χ4v) is 5.48. The van der Waals surface area contributed by atoms with Gasteiger partial charge in [0.25, 0.3) is 10.0 Å². The van der Waals surface area contributed by atoms with Crippen LogP contribution in [0.5, 0.6) is 0 Å². The van der Waals surface area contributed by atoms with E-state index in [-0.39, 0.29) is 28.9 Å². The molecule has 8 heteroatoms. The number of Topliss-reactive ketones (excluding diaryl/α,β-unsaturated/α-hetero) is 1. The Kier molecular flexibility index (Phi) is 6.05. The minimum Gasteiger partial charge on any atom is -0.335 e. The predicted molar refractivity (Wildman–Crippen MR) is 136 cm³/mol. The van der Waals surface area contributed by atoms with Crippen molar-refractivity contribution in [1.82, 2.24) is 9.78 Å². The summed E-state index contributed by atoms with van der Waals surface area (Å²) in [6.07, 6.45) is 4.15. The Morgan fingerprint density at radius 1 is 0.943 bits per heavy atom. The van der Waals surface area contributed by atoms with Crippen LogP contribution >= 0.6 is 0 Å². The largest absolute Gasteiger partial charge is 0.335 e. The number of ketones is 1. The summed E-state index contributed by atoms with van der Waals surface area (Å²) in [5.74, 6) is -0.476. The summed E-state index contributed by atoms with van der Waals surface area (Å²) in [5, 5.41) is 7.07. The fraction of sp³-hybridized carbons (Fsp3) is 0.148. The highest BCUT2D eigenvalue weighted by molar-refractivity contribution is 7.90. The van der Waals surface area contributed by atoms with Gasteiger partial charge in [-0.25, -0.2) is 0 Å². The number of amidine groups is 1. The molecule has 1 N–H and O–H groups in total. The highest BCUT2D eigenvalue weighted by Gasteiger charge is 2.29. The molecule has 1 aliphatic heterocycles. The molecule has 176 valence electrons. The number of aryl methyl sites for hydroxylation is 1. The summed E-state index contributed by atoms with van der Waals surface area (Å²) in [6, 6.07) is 25.0. The first kappa shape index (κ1) is 22.7. The molecule has 0 saturated heterocycles. The molecule has 1 aliphatic rings. The molecule has 0 unspecified atom stereocenters. The molecule has 2 heterocycles. The molecule has 0 spiro atoms. The lowest BCUT2D eigenvalue weighted by molar-refractivity contribution is -0.113. The molecule has 0 aliphatic carbocycles. The van der Waals surface area contributed by atoms with Gasteiger partial charge in [-0.15, -0.1) is 4.40 Å². The lowest BCUT2D eigenvalue weighted by Crippen LogP contribution is -2.29. The molecule has 7 nitrogen and oxygen atoms in total. The van der Waals surface area contributed by atoms with Crippen LogP contribution in [0.1, 0.15) is 29.9 Å².